The van der Waals surface area contributed by atoms with Crippen molar-refractivity contribution in [1.82, 2.24) is 14.8 Å². The Balaban J connectivity index is 1.89. The predicted octanol–water partition coefficient (Wildman–Crippen LogP) is 3.18. The highest BCUT2D eigenvalue weighted by molar-refractivity contribution is 5.86. The summed E-state index contributed by atoms with van der Waals surface area (Å²) in [6.07, 6.45) is 0.535. The molecule has 0 unspecified atom stereocenters. The molecule has 0 atom stereocenters. The maximum Gasteiger partial charge on any atom is 0.296 e. The second-order valence-electron chi connectivity index (χ2n) is 5.59. The third kappa shape index (κ3) is 2.50. The Morgan fingerprint density at radius 2 is 1.67 bits per heavy atom. The van der Waals surface area contributed by atoms with E-state index in [9.17, 15) is 4.79 Å². The highest BCUT2D eigenvalue weighted by atomic mass is 16.3. The summed E-state index contributed by atoms with van der Waals surface area (Å²) in [4.78, 5) is 16.8. The molecular weight excluding hydrogens is 302 g/mol. The van der Waals surface area contributed by atoms with Crippen LogP contribution in [0.2, 0.25) is 0 Å². The molecule has 5 heteroatoms. The first kappa shape index (κ1) is 14.4. The van der Waals surface area contributed by atoms with Crippen molar-refractivity contribution >= 4 is 11.1 Å². The van der Waals surface area contributed by atoms with E-state index in [-0.39, 0.29) is 5.56 Å². The van der Waals surface area contributed by atoms with Gasteiger partial charge in [-0.1, -0.05) is 60.7 Å². The van der Waals surface area contributed by atoms with Gasteiger partial charge in [0.05, 0.1) is 0 Å². The molecular formula is C19H15N3O2. The zero-order chi connectivity index (χ0) is 16.5. The molecule has 5 nitrogen and oxygen atoms in total. The van der Waals surface area contributed by atoms with E-state index < -0.39 is 0 Å². The van der Waals surface area contributed by atoms with E-state index in [4.69, 9.17) is 4.42 Å². The van der Waals surface area contributed by atoms with Crippen molar-refractivity contribution in [2.45, 2.75) is 6.42 Å². The van der Waals surface area contributed by atoms with Crippen LogP contribution in [0.25, 0.3) is 22.4 Å². The van der Waals surface area contributed by atoms with E-state index in [1.54, 1.807) is 7.05 Å². The highest BCUT2D eigenvalue weighted by Crippen LogP contribution is 2.25. The summed E-state index contributed by atoms with van der Waals surface area (Å²) in [5.74, 6) is 0.512. The minimum Gasteiger partial charge on any atom is -0.438 e. The van der Waals surface area contributed by atoms with Crippen molar-refractivity contribution in [3.05, 3.63) is 82.5 Å². The number of hydrogen-bond acceptors (Lipinski definition) is 4. The molecule has 0 bridgehead atoms. The van der Waals surface area contributed by atoms with E-state index in [2.05, 4.69) is 10.1 Å². The third-order valence-electron chi connectivity index (χ3n) is 3.88. The van der Waals surface area contributed by atoms with Crippen LogP contribution in [0.4, 0.5) is 0 Å². The fourth-order valence-electron chi connectivity index (χ4n) is 2.69. The van der Waals surface area contributed by atoms with Crippen LogP contribution in [-0.4, -0.2) is 14.8 Å². The van der Waals surface area contributed by atoms with Gasteiger partial charge in [0.2, 0.25) is 0 Å². The van der Waals surface area contributed by atoms with Crippen LogP contribution >= 0.6 is 0 Å². The molecule has 0 fully saturated rings. The fourth-order valence-corrected chi connectivity index (χ4v) is 2.69. The molecule has 0 spiro atoms. The lowest BCUT2D eigenvalue weighted by molar-refractivity contribution is 0.542. The van der Waals surface area contributed by atoms with Crippen molar-refractivity contribution < 1.29 is 4.42 Å². The van der Waals surface area contributed by atoms with Crippen molar-refractivity contribution in [3.63, 3.8) is 0 Å². The Hall–Kier alpha value is -3.21. The Morgan fingerprint density at radius 3 is 2.38 bits per heavy atom. The molecule has 0 N–H and O–H groups in total. The normalized spacial score (nSPS) is 11.0. The van der Waals surface area contributed by atoms with Crippen LogP contribution in [0.1, 0.15) is 11.5 Å². The summed E-state index contributed by atoms with van der Waals surface area (Å²) in [7, 11) is 1.62. The number of benzene rings is 2. The Labute approximate surface area is 138 Å². The van der Waals surface area contributed by atoms with Gasteiger partial charge in [-0.3, -0.25) is 4.79 Å². The lowest BCUT2D eigenvalue weighted by Gasteiger charge is -2.03. The minimum atomic E-state index is -0.257. The van der Waals surface area contributed by atoms with Gasteiger partial charge in [-0.15, -0.1) is 0 Å². The van der Waals surface area contributed by atoms with Gasteiger partial charge in [-0.05, 0) is 5.56 Å². The van der Waals surface area contributed by atoms with Gasteiger partial charge < -0.3 is 4.42 Å². The smallest absolute Gasteiger partial charge is 0.296 e. The number of aryl methyl sites for hydroxylation is 1. The molecule has 0 aliphatic carbocycles. The summed E-state index contributed by atoms with van der Waals surface area (Å²) in [6, 6.07) is 19.6. The van der Waals surface area contributed by atoms with Gasteiger partial charge in [-0.25, -0.2) is 9.67 Å². The van der Waals surface area contributed by atoms with Crippen LogP contribution in [0.15, 0.2) is 69.9 Å². The van der Waals surface area contributed by atoms with E-state index in [1.807, 2.05) is 60.7 Å². The largest absolute Gasteiger partial charge is 0.438 e. The van der Waals surface area contributed by atoms with Crippen LogP contribution in [0.3, 0.4) is 0 Å². The second kappa shape index (κ2) is 5.77. The fraction of sp³-hybridized carbons (Fsp3) is 0.105. The number of hydrogen-bond donors (Lipinski definition) is 0. The molecule has 0 aliphatic heterocycles. The molecule has 118 valence electrons. The lowest BCUT2D eigenvalue weighted by Crippen LogP contribution is -2.20. The molecule has 2 heterocycles. The van der Waals surface area contributed by atoms with E-state index in [0.29, 0.717) is 29.1 Å². The molecule has 0 aliphatic rings. The maximum atomic E-state index is 12.4. The molecule has 4 rings (SSSR count). The van der Waals surface area contributed by atoms with Crippen LogP contribution < -0.4 is 5.56 Å². The number of nitrogens with zero attached hydrogens (tertiary/aromatic N) is 3. The lowest BCUT2D eigenvalue weighted by atomic mass is 10.1. The highest BCUT2D eigenvalue weighted by Gasteiger charge is 2.18. The van der Waals surface area contributed by atoms with Gasteiger partial charge in [0.1, 0.15) is 5.69 Å². The number of aromatic nitrogens is 3. The van der Waals surface area contributed by atoms with E-state index >= 15 is 0 Å². The molecule has 2 aromatic heterocycles. The Kier molecular flexibility index (Phi) is 3.46. The SMILES string of the molecule is Cn1nc(-c2ccccc2)c2oc(Cc3ccccc3)nc2c1=O. The topological polar surface area (TPSA) is 60.9 Å². The molecule has 4 aromatic rings. The quantitative estimate of drug-likeness (QED) is 0.582. The monoisotopic (exact) mass is 317 g/mol. The first-order valence-electron chi connectivity index (χ1n) is 7.68. The molecule has 2 aromatic carbocycles. The second-order valence-corrected chi connectivity index (χ2v) is 5.59. The first-order valence-corrected chi connectivity index (χ1v) is 7.68. The first-order chi connectivity index (χ1) is 11.7. The van der Waals surface area contributed by atoms with Gasteiger partial charge in [0, 0.05) is 19.0 Å². The van der Waals surface area contributed by atoms with Gasteiger partial charge in [0.25, 0.3) is 5.56 Å². The number of rotatable bonds is 3. The Bertz CT molecular complexity index is 1050. The van der Waals surface area contributed by atoms with Gasteiger partial charge >= 0.3 is 0 Å². The van der Waals surface area contributed by atoms with Gasteiger partial charge in [-0.2, -0.15) is 5.10 Å². The van der Waals surface area contributed by atoms with Crippen LogP contribution in [0, 0.1) is 0 Å². The zero-order valence-corrected chi connectivity index (χ0v) is 13.1. The average Bonchev–Trinajstić information content (AvgIpc) is 3.04. The Morgan fingerprint density at radius 1 is 1.00 bits per heavy atom. The predicted molar refractivity (Wildman–Crippen MR) is 91.7 cm³/mol. The van der Waals surface area contributed by atoms with E-state index in [1.165, 1.54) is 4.68 Å². The van der Waals surface area contributed by atoms with Crippen molar-refractivity contribution in [2.24, 2.45) is 7.05 Å². The zero-order valence-electron chi connectivity index (χ0n) is 13.1. The van der Waals surface area contributed by atoms with Crippen LogP contribution in [-0.2, 0) is 13.5 Å². The number of fused-ring (bicyclic) bond motifs is 1. The molecule has 0 radical (unpaired) electrons. The molecule has 0 saturated heterocycles. The van der Waals surface area contributed by atoms with Crippen LogP contribution in [0.5, 0.6) is 0 Å². The molecule has 24 heavy (non-hydrogen) atoms. The number of oxazole rings is 1. The van der Waals surface area contributed by atoms with Crippen molar-refractivity contribution in [1.29, 1.82) is 0 Å². The van der Waals surface area contributed by atoms with Gasteiger partial charge in [0.15, 0.2) is 17.0 Å². The molecule has 0 amide bonds. The van der Waals surface area contributed by atoms with E-state index in [0.717, 1.165) is 11.1 Å². The standard InChI is InChI=1S/C19H15N3O2/c1-22-19(23)17-18(16(21-22)14-10-6-3-7-11-14)24-15(20-17)12-13-8-4-2-5-9-13/h2-11H,12H2,1H3. The summed E-state index contributed by atoms with van der Waals surface area (Å²) in [5, 5.41) is 4.36. The van der Waals surface area contributed by atoms with Crippen molar-refractivity contribution in [3.8, 4) is 11.3 Å². The maximum absolute atomic E-state index is 12.4. The summed E-state index contributed by atoms with van der Waals surface area (Å²) in [6.45, 7) is 0. The third-order valence-corrected chi connectivity index (χ3v) is 3.88. The summed E-state index contributed by atoms with van der Waals surface area (Å²) < 4.78 is 7.21. The minimum absolute atomic E-state index is 0.257. The van der Waals surface area contributed by atoms with Crippen molar-refractivity contribution in [2.75, 3.05) is 0 Å². The molecule has 0 saturated carbocycles. The average molecular weight is 317 g/mol. The summed E-state index contributed by atoms with van der Waals surface area (Å²) >= 11 is 0. The summed E-state index contributed by atoms with van der Waals surface area (Å²) in [5.41, 5.74) is 3.09.